The van der Waals surface area contributed by atoms with Crippen molar-refractivity contribution in [3.63, 3.8) is 0 Å². The maximum absolute atomic E-state index is 13.1. The van der Waals surface area contributed by atoms with Crippen LogP contribution in [0.5, 0.6) is 0 Å². The number of carbonyl (C=O) groups excluding carboxylic acids is 4. The molecule has 0 radical (unpaired) electrons. The number of hydrogen-bond acceptors (Lipinski definition) is 15. The van der Waals surface area contributed by atoms with Crippen LogP contribution in [0.15, 0.2) is 0 Å². The second-order valence-electron chi connectivity index (χ2n) is 28.5. The lowest BCUT2D eigenvalue weighted by atomic mass is 10.00. The summed E-state index contributed by atoms with van der Waals surface area (Å²) >= 11 is 0. The van der Waals surface area contributed by atoms with Crippen LogP contribution in [0.3, 0.4) is 0 Å². The third-order valence-electron chi connectivity index (χ3n) is 18.3. The number of ether oxygens (including phenoxy) is 4. The van der Waals surface area contributed by atoms with E-state index in [4.69, 9.17) is 37.0 Å². The monoisotopic (exact) mass is 1410 g/mol. The van der Waals surface area contributed by atoms with Gasteiger partial charge in [0, 0.05) is 25.7 Å². The molecule has 0 fully saturated rings. The molecule has 0 amide bonds. The van der Waals surface area contributed by atoms with Crippen molar-refractivity contribution < 1.29 is 80.2 Å². The maximum atomic E-state index is 13.1. The third-order valence-corrected chi connectivity index (χ3v) is 20.2. The van der Waals surface area contributed by atoms with Crippen LogP contribution >= 0.6 is 15.6 Å². The van der Waals surface area contributed by atoms with Crippen molar-refractivity contribution in [2.45, 2.75) is 419 Å². The van der Waals surface area contributed by atoms with Crippen LogP contribution < -0.4 is 0 Å². The van der Waals surface area contributed by atoms with Gasteiger partial charge in [0.15, 0.2) is 12.2 Å². The molecule has 19 heteroatoms. The first-order valence-electron chi connectivity index (χ1n) is 40.0. The third kappa shape index (κ3) is 69.2. The molecule has 3 unspecified atom stereocenters. The van der Waals surface area contributed by atoms with Gasteiger partial charge < -0.3 is 33.8 Å². The van der Waals surface area contributed by atoms with Gasteiger partial charge in [0.25, 0.3) is 0 Å². The van der Waals surface area contributed by atoms with E-state index in [9.17, 15) is 43.2 Å². The SMILES string of the molecule is CCCCCCCCCCCCCCCCCCCCCCCC(=O)O[C@H](COC(=O)CCCCCCCCCCCCCCCCC)COP(=O)(O)OC[C@@H](O)COP(=O)(O)OC[C@@H](COC(=O)CCCCCCCCC(C)CC)OC(=O)CCCCCCCCCC(C)C. The standard InChI is InChI=1S/C77H150O17P2/c1-7-10-12-14-16-18-20-22-24-25-26-27-28-29-31-33-35-37-41-49-55-61-76(81)93-72(65-87-74(79)59-53-47-40-36-34-32-30-23-21-19-17-15-13-11-8-2)67-91-95(83,84)89-63-71(78)64-90-96(85,86)92-68-73(94-77(82)62-56-50-42-38-39-45-51-57-69(4)5)66-88-75(80)60-54-48-44-43-46-52-58-70(6)9-3/h69-73,78H,7-68H2,1-6H3,(H,83,84)(H,85,86)/t70?,71-,72-,73-/m1/s1. The minimum absolute atomic E-state index is 0.103. The largest absolute Gasteiger partial charge is 0.472 e. The molecule has 3 N–H and O–H groups in total. The molecule has 0 aliphatic heterocycles. The van der Waals surface area contributed by atoms with Gasteiger partial charge in [0.05, 0.1) is 26.4 Å². The first-order valence-corrected chi connectivity index (χ1v) is 43.0. The quantitative estimate of drug-likeness (QED) is 0.0222. The summed E-state index contributed by atoms with van der Waals surface area (Å²) in [5.74, 6) is -0.692. The molecule has 0 aromatic heterocycles. The van der Waals surface area contributed by atoms with E-state index in [2.05, 4.69) is 41.5 Å². The lowest BCUT2D eigenvalue weighted by Gasteiger charge is -2.21. The summed E-state index contributed by atoms with van der Waals surface area (Å²) in [6.45, 7) is 9.49. The molecule has 570 valence electrons. The van der Waals surface area contributed by atoms with Gasteiger partial charge in [-0.15, -0.1) is 0 Å². The highest BCUT2D eigenvalue weighted by Crippen LogP contribution is 2.45. The van der Waals surface area contributed by atoms with Crippen LogP contribution in [0, 0.1) is 11.8 Å². The molecule has 0 saturated heterocycles. The first kappa shape index (κ1) is 94.1. The smallest absolute Gasteiger partial charge is 0.462 e. The Morgan fingerprint density at radius 2 is 0.531 bits per heavy atom. The van der Waals surface area contributed by atoms with Crippen LogP contribution in [-0.2, 0) is 65.4 Å². The van der Waals surface area contributed by atoms with E-state index in [1.165, 1.54) is 212 Å². The Kier molecular flexibility index (Phi) is 67.4. The number of aliphatic hydroxyl groups is 1. The van der Waals surface area contributed by atoms with Crippen LogP contribution in [0.4, 0.5) is 0 Å². The van der Waals surface area contributed by atoms with Gasteiger partial charge >= 0.3 is 39.5 Å². The van der Waals surface area contributed by atoms with Crippen molar-refractivity contribution in [2.75, 3.05) is 39.6 Å². The zero-order valence-corrected chi connectivity index (χ0v) is 64.5. The van der Waals surface area contributed by atoms with Crippen molar-refractivity contribution >= 4 is 39.5 Å². The van der Waals surface area contributed by atoms with E-state index in [1.54, 1.807) is 0 Å². The van der Waals surface area contributed by atoms with E-state index in [0.29, 0.717) is 31.6 Å². The predicted molar refractivity (Wildman–Crippen MR) is 391 cm³/mol. The second kappa shape index (κ2) is 68.8. The molecule has 0 aromatic rings. The number of rotatable bonds is 76. The molecule has 0 saturated carbocycles. The Bertz CT molecular complexity index is 1860. The van der Waals surface area contributed by atoms with Crippen LogP contribution in [0.1, 0.15) is 401 Å². The average Bonchev–Trinajstić information content (AvgIpc) is 1.50. The molecule has 96 heavy (non-hydrogen) atoms. The summed E-state index contributed by atoms with van der Waals surface area (Å²) in [5.41, 5.74) is 0. The van der Waals surface area contributed by atoms with E-state index >= 15 is 0 Å². The molecule has 0 aromatic carbocycles. The number of esters is 4. The number of carbonyl (C=O) groups is 4. The molecule has 0 rings (SSSR count). The van der Waals surface area contributed by atoms with Crippen LogP contribution in [0.25, 0.3) is 0 Å². The minimum Gasteiger partial charge on any atom is -0.462 e. The topological polar surface area (TPSA) is 237 Å². The van der Waals surface area contributed by atoms with Gasteiger partial charge in [0.2, 0.25) is 0 Å². The normalized spacial score (nSPS) is 14.3. The Hall–Kier alpha value is -1.94. The maximum Gasteiger partial charge on any atom is 0.472 e. The van der Waals surface area contributed by atoms with Crippen LogP contribution in [0.2, 0.25) is 0 Å². The fourth-order valence-corrected chi connectivity index (χ4v) is 13.4. The van der Waals surface area contributed by atoms with Gasteiger partial charge in [-0.2, -0.15) is 0 Å². The molecule has 0 heterocycles. The van der Waals surface area contributed by atoms with E-state index in [0.717, 1.165) is 102 Å². The molecule has 6 atom stereocenters. The number of aliphatic hydroxyl groups excluding tert-OH is 1. The summed E-state index contributed by atoms with van der Waals surface area (Å²) < 4.78 is 68.5. The fourth-order valence-electron chi connectivity index (χ4n) is 11.8. The van der Waals surface area contributed by atoms with Crippen LogP contribution in [-0.4, -0.2) is 96.7 Å². The number of hydrogen-bond donors (Lipinski definition) is 3. The molecule has 0 aliphatic carbocycles. The summed E-state index contributed by atoms with van der Waals surface area (Å²) in [6, 6.07) is 0. The highest BCUT2D eigenvalue weighted by atomic mass is 31.2. The zero-order chi connectivity index (χ0) is 70.7. The van der Waals surface area contributed by atoms with E-state index < -0.39 is 97.5 Å². The van der Waals surface area contributed by atoms with Gasteiger partial charge in [0.1, 0.15) is 19.3 Å². The molecular formula is C77H150O17P2. The van der Waals surface area contributed by atoms with Crippen molar-refractivity contribution in [3.05, 3.63) is 0 Å². The Morgan fingerprint density at radius 3 is 0.792 bits per heavy atom. The molecule has 0 spiro atoms. The van der Waals surface area contributed by atoms with Crippen molar-refractivity contribution in [2.24, 2.45) is 11.8 Å². The molecule has 0 aliphatic rings. The first-order chi connectivity index (χ1) is 46.4. The highest BCUT2D eigenvalue weighted by Gasteiger charge is 2.30. The Morgan fingerprint density at radius 1 is 0.302 bits per heavy atom. The summed E-state index contributed by atoms with van der Waals surface area (Å²) in [7, 11) is -9.91. The molecule has 0 bridgehead atoms. The van der Waals surface area contributed by atoms with Crippen molar-refractivity contribution in [3.8, 4) is 0 Å². The summed E-state index contributed by atoms with van der Waals surface area (Å²) in [6.07, 6.45) is 57.2. The van der Waals surface area contributed by atoms with E-state index in [-0.39, 0.29) is 25.7 Å². The number of unbranched alkanes of at least 4 members (excludes halogenated alkanes) is 45. The van der Waals surface area contributed by atoms with Crippen molar-refractivity contribution in [1.29, 1.82) is 0 Å². The van der Waals surface area contributed by atoms with Gasteiger partial charge in [-0.25, -0.2) is 9.13 Å². The number of phosphoric ester groups is 2. The minimum atomic E-state index is -4.96. The summed E-state index contributed by atoms with van der Waals surface area (Å²) in [4.78, 5) is 72.8. The molecular weight excluding hydrogens is 1260 g/mol. The summed E-state index contributed by atoms with van der Waals surface area (Å²) in [5, 5.41) is 10.6. The van der Waals surface area contributed by atoms with Crippen molar-refractivity contribution in [1.82, 2.24) is 0 Å². The average molecular weight is 1410 g/mol. The predicted octanol–water partition coefficient (Wildman–Crippen LogP) is 22.7. The number of phosphoric acid groups is 2. The van der Waals surface area contributed by atoms with Gasteiger partial charge in [-0.3, -0.25) is 37.3 Å². The lowest BCUT2D eigenvalue weighted by Crippen LogP contribution is -2.30. The van der Waals surface area contributed by atoms with Gasteiger partial charge in [-0.05, 0) is 37.5 Å². The molecule has 17 nitrogen and oxygen atoms in total. The zero-order valence-electron chi connectivity index (χ0n) is 62.7. The highest BCUT2D eigenvalue weighted by molar-refractivity contribution is 7.47. The fraction of sp³-hybridized carbons (Fsp3) is 0.948. The Labute approximate surface area is 588 Å². The van der Waals surface area contributed by atoms with Gasteiger partial charge in [-0.1, -0.05) is 350 Å². The Balaban J connectivity index is 5.20. The second-order valence-corrected chi connectivity index (χ2v) is 31.4. The lowest BCUT2D eigenvalue weighted by molar-refractivity contribution is -0.161. The van der Waals surface area contributed by atoms with E-state index in [1.807, 2.05) is 0 Å².